The van der Waals surface area contributed by atoms with E-state index in [9.17, 15) is 9.59 Å². The Balaban J connectivity index is 1.93. The molecule has 0 fully saturated rings. The summed E-state index contributed by atoms with van der Waals surface area (Å²) in [5, 5.41) is 2.86. The third-order valence-corrected chi connectivity index (χ3v) is 4.41. The molecule has 7 nitrogen and oxygen atoms in total. The van der Waals surface area contributed by atoms with Crippen molar-refractivity contribution in [3.63, 3.8) is 0 Å². The lowest BCUT2D eigenvalue weighted by molar-refractivity contribution is 0.0376. The van der Waals surface area contributed by atoms with Gasteiger partial charge in [0.15, 0.2) is 0 Å². The second-order valence-electron chi connectivity index (χ2n) is 6.70. The van der Waals surface area contributed by atoms with Gasteiger partial charge in [0.1, 0.15) is 5.69 Å². The van der Waals surface area contributed by atoms with Crippen molar-refractivity contribution in [3.8, 4) is 0 Å². The highest BCUT2D eigenvalue weighted by molar-refractivity contribution is 6.06. The van der Waals surface area contributed by atoms with Crippen LogP contribution in [-0.2, 0) is 11.3 Å². The first-order valence-corrected chi connectivity index (χ1v) is 9.00. The van der Waals surface area contributed by atoms with Gasteiger partial charge in [-0.1, -0.05) is 12.1 Å². The van der Waals surface area contributed by atoms with Gasteiger partial charge in [-0.2, -0.15) is 0 Å². The van der Waals surface area contributed by atoms with Crippen LogP contribution in [0.3, 0.4) is 0 Å². The molecule has 2 aromatic heterocycles. The summed E-state index contributed by atoms with van der Waals surface area (Å²) in [5.41, 5.74) is 3.67. The van der Waals surface area contributed by atoms with E-state index in [1.54, 1.807) is 27.7 Å². The van der Waals surface area contributed by atoms with Gasteiger partial charge in [0, 0.05) is 12.2 Å². The lowest BCUT2D eigenvalue weighted by atomic mass is 10.1. The number of nitrogens with one attached hydrogen (secondary N) is 2. The molecule has 0 aliphatic rings. The zero-order valence-electron chi connectivity index (χ0n) is 16.2. The number of hydrogen-bond donors (Lipinski definition) is 2. The van der Waals surface area contributed by atoms with Crippen molar-refractivity contribution in [1.82, 2.24) is 14.5 Å². The number of fused-ring (bicyclic) bond motifs is 1. The molecule has 0 bridgehead atoms. The van der Waals surface area contributed by atoms with Crippen molar-refractivity contribution >= 4 is 28.9 Å². The van der Waals surface area contributed by atoms with Gasteiger partial charge in [-0.05, 0) is 52.3 Å². The Kier molecular flexibility index (Phi) is 5.03. The molecule has 2 heterocycles. The number of ether oxygens (including phenoxy) is 1. The highest BCUT2D eigenvalue weighted by Gasteiger charge is 2.24. The number of rotatable bonds is 5. The molecule has 0 spiro atoms. The largest absolute Gasteiger partial charge is 0.459 e. The van der Waals surface area contributed by atoms with Gasteiger partial charge >= 0.3 is 5.97 Å². The lowest BCUT2D eigenvalue weighted by Crippen LogP contribution is -2.17. The van der Waals surface area contributed by atoms with E-state index in [4.69, 9.17) is 4.74 Å². The summed E-state index contributed by atoms with van der Waals surface area (Å²) >= 11 is 0. The quantitative estimate of drug-likeness (QED) is 0.670. The summed E-state index contributed by atoms with van der Waals surface area (Å²) in [6.45, 7) is 9.73. The summed E-state index contributed by atoms with van der Waals surface area (Å²) in [4.78, 5) is 32.7. The maximum atomic E-state index is 12.8. The Labute approximate surface area is 157 Å². The predicted octanol–water partition coefficient (Wildman–Crippen LogP) is 3.82. The van der Waals surface area contributed by atoms with Crippen LogP contribution in [0.15, 0.2) is 24.3 Å². The maximum Gasteiger partial charge on any atom is 0.340 e. The molecular formula is C20H24N4O3. The highest BCUT2D eigenvalue weighted by Crippen LogP contribution is 2.23. The number of hydrogen-bond acceptors (Lipinski definition) is 4. The van der Waals surface area contributed by atoms with Crippen LogP contribution < -0.4 is 5.32 Å². The molecule has 1 aromatic carbocycles. The third-order valence-electron chi connectivity index (χ3n) is 4.41. The molecule has 0 saturated heterocycles. The standard InChI is InChI=1S/C20H24N4O3/c1-6-24-15-10-8-7-9-14(15)22-20(24)23-18(25)17-12(4)16(13(5)21-17)19(26)27-11(2)3/h7-11,21H,6H2,1-5H3,(H,22,23,25). The number of esters is 1. The molecule has 3 rings (SSSR count). The van der Waals surface area contributed by atoms with Gasteiger partial charge in [0.2, 0.25) is 5.95 Å². The number of para-hydroxylation sites is 2. The molecular weight excluding hydrogens is 344 g/mol. The SMILES string of the molecule is CCn1c(NC(=O)c2[nH]c(C)c(C(=O)OC(C)C)c2C)nc2ccccc21. The molecule has 0 aliphatic carbocycles. The van der Waals surface area contributed by atoms with E-state index in [0.717, 1.165) is 11.0 Å². The molecule has 3 aromatic rings. The Morgan fingerprint density at radius 1 is 1.26 bits per heavy atom. The molecule has 27 heavy (non-hydrogen) atoms. The van der Waals surface area contributed by atoms with Crippen molar-refractivity contribution < 1.29 is 14.3 Å². The Morgan fingerprint density at radius 2 is 1.96 bits per heavy atom. The molecule has 2 N–H and O–H groups in total. The van der Waals surface area contributed by atoms with Gasteiger partial charge in [-0.3, -0.25) is 10.1 Å². The first-order chi connectivity index (χ1) is 12.8. The number of aromatic nitrogens is 3. The molecule has 0 radical (unpaired) electrons. The normalized spacial score (nSPS) is 11.2. The molecule has 0 unspecified atom stereocenters. The van der Waals surface area contributed by atoms with E-state index in [0.29, 0.717) is 35.0 Å². The van der Waals surface area contributed by atoms with E-state index in [1.807, 2.05) is 35.8 Å². The summed E-state index contributed by atoms with van der Waals surface area (Å²) in [6.07, 6.45) is -0.229. The minimum atomic E-state index is -0.434. The number of benzene rings is 1. The van der Waals surface area contributed by atoms with Crippen LogP contribution in [0.1, 0.15) is 52.9 Å². The van der Waals surface area contributed by atoms with Crippen molar-refractivity contribution in [2.75, 3.05) is 5.32 Å². The molecule has 0 aliphatic heterocycles. The Morgan fingerprint density at radius 3 is 2.63 bits per heavy atom. The van der Waals surface area contributed by atoms with Crippen LogP contribution in [0, 0.1) is 13.8 Å². The zero-order valence-corrected chi connectivity index (χ0v) is 16.2. The summed E-state index contributed by atoms with van der Waals surface area (Å²) in [5.74, 6) is -0.304. The predicted molar refractivity (Wildman–Crippen MR) is 104 cm³/mol. The van der Waals surface area contributed by atoms with Crippen LogP contribution in [-0.4, -0.2) is 32.5 Å². The van der Waals surface area contributed by atoms with Crippen molar-refractivity contribution in [2.45, 2.75) is 47.3 Å². The van der Waals surface area contributed by atoms with E-state index in [2.05, 4.69) is 15.3 Å². The zero-order chi connectivity index (χ0) is 19.7. The number of aromatic amines is 1. The second-order valence-corrected chi connectivity index (χ2v) is 6.70. The number of carbonyl (C=O) groups is 2. The summed E-state index contributed by atoms with van der Waals surface area (Å²) < 4.78 is 7.22. The minimum Gasteiger partial charge on any atom is -0.459 e. The molecule has 0 atom stereocenters. The van der Waals surface area contributed by atoms with E-state index in [-0.39, 0.29) is 12.0 Å². The average molecular weight is 368 g/mol. The van der Waals surface area contributed by atoms with E-state index in [1.165, 1.54) is 0 Å². The van der Waals surface area contributed by atoms with E-state index < -0.39 is 5.97 Å². The maximum absolute atomic E-state index is 12.8. The molecule has 0 saturated carbocycles. The number of amides is 1. The molecule has 7 heteroatoms. The third kappa shape index (κ3) is 3.45. The fraction of sp³-hybridized carbons (Fsp3) is 0.350. The van der Waals surface area contributed by atoms with Crippen molar-refractivity contribution in [1.29, 1.82) is 0 Å². The topological polar surface area (TPSA) is 89.0 Å². The fourth-order valence-electron chi connectivity index (χ4n) is 3.21. The van der Waals surface area contributed by atoms with Crippen molar-refractivity contribution in [3.05, 3.63) is 46.8 Å². The van der Waals surface area contributed by atoms with Crippen LogP contribution in [0.2, 0.25) is 0 Å². The number of nitrogens with zero attached hydrogens (tertiary/aromatic N) is 2. The summed E-state index contributed by atoms with van der Waals surface area (Å²) in [6, 6.07) is 7.71. The van der Waals surface area contributed by atoms with Crippen molar-refractivity contribution in [2.24, 2.45) is 0 Å². The second kappa shape index (κ2) is 7.26. The highest BCUT2D eigenvalue weighted by atomic mass is 16.5. The first-order valence-electron chi connectivity index (χ1n) is 9.00. The van der Waals surface area contributed by atoms with Crippen LogP contribution in [0.4, 0.5) is 5.95 Å². The monoisotopic (exact) mass is 368 g/mol. The van der Waals surface area contributed by atoms with Gasteiger partial charge in [-0.25, -0.2) is 9.78 Å². The van der Waals surface area contributed by atoms with Crippen LogP contribution in [0.5, 0.6) is 0 Å². The van der Waals surface area contributed by atoms with Gasteiger partial charge in [-0.15, -0.1) is 0 Å². The Bertz CT molecular complexity index is 1010. The van der Waals surface area contributed by atoms with Crippen LogP contribution >= 0.6 is 0 Å². The molecule has 1 amide bonds. The van der Waals surface area contributed by atoms with Gasteiger partial charge in [0.05, 0.1) is 22.7 Å². The minimum absolute atomic E-state index is 0.229. The summed E-state index contributed by atoms with van der Waals surface area (Å²) in [7, 11) is 0. The number of imidazole rings is 1. The van der Waals surface area contributed by atoms with E-state index >= 15 is 0 Å². The number of carbonyl (C=O) groups excluding carboxylic acids is 2. The smallest absolute Gasteiger partial charge is 0.340 e. The lowest BCUT2D eigenvalue weighted by Gasteiger charge is -2.09. The number of anilines is 1. The first kappa shape index (κ1) is 18.7. The number of aryl methyl sites for hydroxylation is 2. The van der Waals surface area contributed by atoms with Crippen LogP contribution in [0.25, 0.3) is 11.0 Å². The molecule has 142 valence electrons. The Hall–Kier alpha value is -3.09. The van der Waals surface area contributed by atoms with Gasteiger partial charge < -0.3 is 14.3 Å². The fourth-order valence-corrected chi connectivity index (χ4v) is 3.21. The number of H-pyrrole nitrogens is 1. The average Bonchev–Trinajstić information content (AvgIpc) is 3.10. The van der Waals surface area contributed by atoms with Gasteiger partial charge in [0.25, 0.3) is 5.91 Å².